The lowest BCUT2D eigenvalue weighted by atomic mass is 10.2. The highest BCUT2D eigenvalue weighted by atomic mass is 35.5. The van der Waals surface area contributed by atoms with Crippen molar-refractivity contribution in [3.63, 3.8) is 0 Å². The third-order valence-corrected chi connectivity index (χ3v) is 2.36. The van der Waals surface area contributed by atoms with Crippen LogP contribution in [0.2, 0.25) is 0 Å². The van der Waals surface area contributed by atoms with Crippen LogP contribution in [-0.4, -0.2) is 43.5 Å². The van der Waals surface area contributed by atoms with Gasteiger partial charge in [-0.05, 0) is 6.42 Å². The highest BCUT2D eigenvalue weighted by Gasteiger charge is 2.00. The molecule has 0 fully saturated rings. The lowest BCUT2D eigenvalue weighted by Crippen LogP contribution is -2.18. The van der Waals surface area contributed by atoms with Crippen molar-refractivity contribution in [1.82, 2.24) is 0 Å². The third kappa shape index (κ3) is 12.1. The fourth-order valence-corrected chi connectivity index (χ4v) is 1.20. The molecule has 0 aliphatic heterocycles. The van der Waals surface area contributed by atoms with Crippen molar-refractivity contribution in [2.24, 2.45) is 0 Å². The Hall–Kier alpha value is 0.170. The predicted molar refractivity (Wildman–Crippen MR) is 62.5 cm³/mol. The summed E-state index contributed by atoms with van der Waals surface area (Å²) in [5, 5.41) is 9.06. The summed E-state index contributed by atoms with van der Waals surface area (Å²) in [5.74, 6) is 0.220. The van der Waals surface area contributed by atoms with Gasteiger partial charge < -0.3 is 14.6 Å². The van der Waals surface area contributed by atoms with Crippen LogP contribution in [0, 0.1) is 0 Å². The molecule has 92 valence electrons. The number of unbranched alkanes of at least 4 members (excludes halogenated alkanes) is 3. The molecule has 1 atom stereocenters. The number of rotatable bonds is 11. The Kier molecular flexibility index (Phi) is 12.4. The summed E-state index contributed by atoms with van der Waals surface area (Å²) in [5.41, 5.74) is 0. The topological polar surface area (TPSA) is 38.7 Å². The van der Waals surface area contributed by atoms with E-state index in [1.807, 2.05) is 0 Å². The fraction of sp³-hybridized carbons (Fsp3) is 1.00. The van der Waals surface area contributed by atoms with Crippen LogP contribution in [0.25, 0.3) is 0 Å². The van der Waals surface area contributed by atoms with Gasteiger partial charge >= 0.3 is 0 Å². The quantitative estimate of drug-likeness (QED) is 0.443. The summed E-state index contributed by atoms with van der Waals surface area (Å²) in [7, 11) is 0. The molecule has 1 N–H and O–H groups in total. The SMILES string of the molecule is CCCCCCOCCOCC(O)CCl. The highest BCUT2D eigenvalue weighted by molar-refractivity contribution is 6.18. The number of hydrogen-bond donors (Lipinski definition) is 1. The molecule has 0 saturated carbocycles. The standard InChI is InChI=1S/C11H23ClO3/c1-2-3-4-5-6-14-7-8-15-10-11(13)9-12/h11,13H,2-10H2,1H3. The van der Waals surface area contributed by atoms with Crippen LogP contribution < -0.4 is 0 Å². The molecule has 0 saturated heterocycles. The van der Waals surface area contributed by atoms with Crippen molar-refractivity contribution in [2.45, 2.75) is 38.7 Å². The fourth-order valence-electron chi connectivity index (χ4n) is 1.11. The smallest absolute Gasteiger partial charge is 0.0908 e. The van der Waals surface area contributed by atoms with Gasteiger partial charge in [0.2, 0.25) is 0 Å². The van der Waals surface area contributed by atoms with E-state index in [9.17, 15) is 0 Å². The van der Waals surface area contributed by atoms with Crippen LogP contribution in [0.1, 0.15) is 32.6 Å². The Morgan fingerprint density at radius 2 is 1.80 bits per heavy atom. The highest BCUT2D eigenvalue weighted by Crippen LogP contribution is 1.98. The molecular weight excluding hydrogens is 216 g/mol. The average molecular weight is 239 g/mol. The summed E-state index contributed by atoms with van der Waals surface area (Å²) >= 11 is 5.40. The van der Waals surface area contributed by atoms with Gasteiger partial charge in [-0.15, -0.1) is 11.6 Å². The van der Waals surface area contributed by atoms with Crippen LogP contribution >= 0.6 is 11.6 Å². The summed E-state index contributed by atoms with van der Waals surface area (Å²) in [4.78, 5) is 0. The van der Waals surface area contributed by atoms with Gasteiger partial charge in [0, 0.05) is 6.61 Å². The van der Waals surface area contributed by atoms with Gasteiger partial charge in [-0.3, -0.25) is 0 Å². The van der Waals surface area contributed by atoms with E-state index in [1.54, 1.807) is 0 Å². The Bertz CT molecular complexity index is 122. The summed E-state index contributed by atoms with van der Waals surface area (Å²) < 4.78 is 10.5. The van der Waals surface area contributed by atoms with E-state index >= 15 is 0 Å². The van der Waals surface area contributed by atoms with Gasteiger partial charge in [0.25, 0.3) is 0 Å². The van der Waals surface area contributed by atoms with E-state index < -0.39 is 6.10 Å². The minimum absolute atomic E-state index is 0.220. The number of aliphatic hydroxyl groups is 1. The number of ether oxygens (including phenoxy) is 2. The van der Waals surface area contributed by atoms with Crippen molar-refractivity contribution < 1.29 is 14.6 Å². The van der Waals surface area contributed by atoms with E-state index in [-0.39, 0.29) is 5.88 Å². The molecular formula is C11H23ClO3. The molecule has 0 amide bonds. The third-order valence-electron chi connectivity index (χ3n) is 2.00. The van der Waals surface area contributed by atoms with Crippen molar-refractivity contribution in [3.05, 3.63) is 0 Å². The number of hydrogen-bond acceptors (Lipinski definition) is 3. The largest absolute Gasteiger partial charge is 0.389 e. The molecule has 4 heteroatoms. The monoisotopic (exact) mass is 238 g/mol. The molecule has 1 unspecified atom stereocenters. The summed E-state index contributed by atoms with van der Waals surface area (Å²) in [6.07, 6.45) is 4.33. The summed E-state index contributed by atoms with van der Waals surface area (Å²) in [6, 6.07) is 0. The molecule has 0 rings (SSSR count). The number of alkyl halides is 1. The van der Waals surface area contributed by atoms with E-state index in [2.05, 4.69) is 6.92 Å². The second-order valence-corrected chi connectivity index (χ2v) is 3.86. The molecule has 0 aromatic carbocycles. The molecule has 0 aromatic rings. The van der Waals surface area contributed by atoms with Crippen LogP contribution in [-0.2, 0) is 9.47 Å². The zero-order valence-electron chi connectivity index (χ0n) is 9.58. The Morgan fingerprint density at radius 3 is 2.47 bits per heavy atom. The Balaban J connectivity index is 2.92. The van der Waals surface area contributed by atoms with Gasteiger partial charge in [-0.1, -0.05) is 26.2 Å². The van der Waals surface area contributed by atoms with Gasteiger partial charge in [-0.25, -0.2) is 0 Å². The van der Waals surface area contributed by atoms with Crippen molar-refractivity contribution in [2.75, 3.05) is 32.3 Å². The maximum atomic E-state index is 9.06. The van der Waals surface area contributed by atoms with E-state index in [0.717, 1.165) is 13.0 Å². The molecule has 0 radical (unpaired) electrons. The minimum Gasteiger partial charge on any atom is -0.389 e. The zero-order valence-corrected chi connectivity index (χ0v) is 10.3. The van der Waals surface area contributed by atoms with Crippen molar-refractivity contribution in [1.29, 1.82) is 0 Å². The van der Waals surface area contributed by atoms with Gasteiger partial charge in [0.1, 0.15) is 0 Å². The summed E-state index contributed by atoms with van der Waals surface area (Å²) in [6.45, 7) is 4.42. The second kappa shape index (κ2) is 12.2. The van der Waals surface area contributed by atoms with Gasteiger partial charge in [0.05, 0.1) is 31.8 Å². The molecule has 0 aliphatic carbocycles. The first kappa shape index (κ1) is 15.2. The molecule has 0 aromatic heterocycles. The van der Waals surface area contributed by atoms with E-state index in [4.69, 9.17) is 26.2 Å². The molecule has 15 heavy (non-hydrogen) atoms. The van der Waals surface area contributed by atoms with E-state index in [0.29, 0.717) is 19.8 Å². The first-order chi connectivity index (χ1) is 7.31. The molecule has 0 aliphatic rings. The molecule has 0 heterocycles. The van der Waals surface area contributed by atoms with Crippen LogP contribution in [0.3, 0.4) is 0 Å². The van der Waals surface area contributed by atoms with Crippen LogP contribution in [0.5, 0.6) is 0 Å². The Labute approximate surface area is 97.7 Å². The normalized spacial score (nSPS) is 13.0. The van der Waals surface area contributed by atoms with E-state index in [1.165, 1.54) is 19.3 Å². The number of halogens is 1. The first-order valence-corrected chi connectivity index (χ1v) is 6.24. The van der Waals surface area contributed by atoms with Crippen molar-refractivity contribution in [3.8, 4) is 0 Å². The predicted octanol–water partition coefficient (Wildman–Crippen LogP) is 2.20. The van der Waals surface area contributed by atoms with Crippen molar-refractivity contribution >= 4 is 11.6 Å². The zero-order chi connectivity index (χ0) is 11.4. The average Bonchev–Trinajstić information content (AvgIpc) is 2.26. The Morgan fingerprint density at radius 1 is 1.07 bits per heavy atom. The van der Waals surface area contributed by atoms with Crippen LogP contribution in [0.4, 0.5) is 0 Å². The first-order valence-electron chi connectivity index (χ1n) is 5.70. The second-order valence-electron chi connectivity index (χ2n) is 3.56. The lowest BCUT2D eigenvalue weighted by molar-refractivity contribution is 0.00989. The van der Waals surface area contributed by atoms with Gasteiger partial charge in [-0.2, -0.15) is 0 Å². The molecule has 0 bridgehead atoms. The lowest BCUT2D eigenvalue weighted by Gasteiger charge is -2.08. The maximum Gasteiger partial charge on any atom is 0.0908 e. The minimum atomic E-state index is -0.559. The van der Waals surface area contributed by atoms with Crippen LogP contribution in [0.15, 0.2) is 0 Å². The maximum absolute atomic E-state index is 9.06. The molecule has 0 spiro atoms. The van der Waals surface area contributed by atoms with Gasteiger partial charge in [0.15, 0.2) is 0 Å². The molecule has 3 nitrogen and oxygen atoms in total. The number of aliphatic hydroxyl groups excluding tert-OH is 1.